The minimum atomic E-state index is -0.682. The normalized spacial score (nSPS) is 16.6. The number of pyridine rings is 1. The average molecular weight is 335 g/mol. The molecule has 1 saturated heterocycles. The SMILES string of the molecule is O=C(O)C1CCN(c2ccc3cccc(Br)c3n2)CC1. The summed E-state index contributed by atoms with van der Waals surface area (Å²) >= 11 is 3.52. The first-order valence-electron chi connectivity index (χ1n) is 6.68. The van der Waals surface area contributed by atoms with Crippen molar-refractivity contribution in [3.63, 3.8) is 0 Å². The Balaban J connectivity index is 1.85. The van der Waals surface area contributed by atoms with E-state index in [4.69, 9.17) is 10.1 Å². The van der Waals surface area contributed by atoms with Gasteiger partial charge in [0.25, 0.3) is 0 Å². The number of aromatic nitrogens is 1. The van der Waals surface area contributed by atoms with Gasteiger partial charge in [0.2, 0.25) is 0 Å². The maximum Gasteiger partial charge on any atom is 0.306 e. The Morgan fingerprint density at radius 3 is 2.70 bits per heavy atom. The number of fused-ring (bicyclic) bond motifs is 1. The fraction of sp³-hybridized carbons (Fsp3) is 0.333. The number of piperidine rings is 1. The maximum absolute atomic E-state index is 11.0. The van der Waals surface area contributed by atoms with Crippen LogP contribution in [0.4, 0.5) is 5.82 Å². The number of hydrogen-bond donors (Lipinski definition) is 1. The van der Waals surface area contributed by atoms with Gasteiger partial charge in [-0.15, -0.1) is 0 Å². The summed E-state index contributed by atoms with van der Waals surface area (Å²) in [5.41, 5.74) is 0.949. The van der Waals surface area contributed by atoms with Gasteiger partial charge in [-0.1, -0.05) is 12.1 Å². The Hall–Kier alpha value is -1.62. The van der Waals surface area contributed by atoms with E-state index in [0.29, 0.717) is 12.8 Å². The Bertz CT molecular complexity index is 651. The lowest BCUT2D eigenvalue weighted by atomic mass is 9.97. The summed E-state index contributed by atoms with van der Waals surface area (Å²) < 4.78 is 0.984. The molecule has 1 aliphatic heterocycles. The lowest BCUT2D eigenvalue weighted by Crippen LogP contribution is -2.36. The van der Waals surface area contributed by atoms with E-state index in [0.717, 1.165) is 34.3 Å². The highest BCUT2D eigenvalue weighted by Gasteiger charge is 2.25. The molecule has 0 spiro atoms. The highest BCUT2D eigenvalue weighted by molar-refractivity contribution is 9.10. The zero-order chi connectivity index (χ0) is 14.1. The fourth-order valence-corrected chi connectivity index (χ4v) is 3.10. The molecule has 0 radical (unpaired) electrons. The summed E-state index contributed by atoms with van der Waals surface area (Å²) in [5.74, 6) is 0.0329. The van der Waals surface area contributed by atoms with Crippen LogP contribution in [0.15, 0.2) is 34.8 Å². The summed E-state index contributed by atoms with van der Waals surface area (Å²) in [7, 11) is 0. The van der Waals surface area contributed by atoms with Crippen LogP contribution in [-0.2, 0) is 4.79 Å². The Morgan fingerprint density at radius 1 is 1.25 bits per heavy atom. The average Bonchev–Trinajstić information content (AvgIpc) is 2.47. The number of rotatable bonds is 2. The predicted octanol–water partition coefficient (Wildman–Crippen LogP) is 3.30. The second-order valence-corrected chi connectivity index (χ2v) is 5.93. The molecule has 0 aliphatic carbocycles. The third-order valence-corrected chi connectivity index (χ3v) is 4.46. The van der Waals surface area contributed by atoms with Crippen LogP contribution >= 0.6 is 15.9 Å². The lowest BCUT2D eigenvalue weighted by Gasteiger charge is -2.31. The van der Waals surface area contributed by atoms with Gasteiger partial charge in [0.1, 0.15) is 5.82 Å². The minimum Gasteiger partial charge on any atom is -0.481 e. The van der Waals surface area contributed by atoms with E-state index in [1.54, 1.807) is 0 Å². The minimum absolute atomic E-state index is 0.210. The van der Waals surface area contributed by atoms with Gasteiger partial charge in [0.05, 0.1) is 11.4 Å². The molecule has 0 amide bonds. The molecule has 1 aliphatic rings. The quantitative estimate of drug-likeness (QED) is 0.915. The molecular weight excluding hydrogens is 320 g/mol. The molecule has 5 heteroatoms. The monoisotopic (exact) mass is 334 g/mol. The van der Waals surface area contributed by atoms with E-state index in [1.165, 1.54) is 0 Å². The molecule has 1 N–H and O–H groups in total. The molecule has 20 heavy (non-hydrogen) atoms. The molecular formula is C15H15BrN2O2. The number of aliphatic carboxylic acids is 1. The van der Waals surface area contributed by atoms with Crippen LogP contribution in [0, 0.1) is 5.92 Å². The molecule has 1 aromatic heterocycles. The molecule has 0 atom stereocenters. The number of para-hydroxylation sites is 1. The first-order chi connectivity index (χ1) is 9.65. The summed E-state index contributed by atoms with van der Waals surface area (Å²) in [6.45, 7) is 1.50. The number of benzene rings is 1. The topological polar surface area (TPSA) is 53.4 Å². The number of carboxylic acid groups (broad SMARTS) is 1. The second-order valence-electron chi connectivity index (χ2n) is 5.08. The molecule has 2 aromatic rings. The molecule has 0 saturated carbocycles. The summed E-state index contributed by atoms with van der Waals surface area (Å²) in [5, 5.41) is 10.1. The smallest absolute Gasteiger partial charge is 0.306 e. The Labute approximate surface area is 125 Å². The van der Waals surface area contributed by atoms with Crippen molar-refractivity contribution in [1.29, 1.82) is 0 Å². The van der Waals surface area contributed by atoms with Gasteiger partial charge in [-0.3, -0.25) is 4.79 Å². The third-order valence-electron chi connectivity index (χ3n) is 3.82. The number of hydrogen-bond acceptors (Lipinski definition) is 3. The van der Waals surface area contributed by atoms with E-state index in [2.05, 4.69) is 26.9 Å². The largest absolute Gasteiger partial charge is 0.481 e. The van der Waals surface area contributed by atoms with Gasteiger partial charge < -0.3 is 10.0 Å². The van der Waals surface area contributed by atoms with Crippen LogP contribution < -0.4 is 4.90 Å². The predicted molar refractivity (Wildman–Crippen MR) is 82.0 cm³/mol. The van der Waals surface area contributed by atoms with Crippen molar-refractivity contribution in [2.24, 2.45) is 5.92 Å². The molecule has 3 rings (SSSR count). The van der Waals surface area contributed by atoms with Crippen molar-refractivity contribution in [2.75, 3.05) is 18.0 Å². The molecule has 104 valence electrons. The third kappa shape index (κ3) is 2.50. The van der Waals surface area contributed by atoms with Crippen LogP contribution in [0.3, 0.4) is 0 Å². The van der Waals surface area contributed by atoms with Crippen molar-refractivity contribution in [1.82, 2.24) is 4.98 Å². The molecule has 1 fully saturated rings. The van der Waals surface area contributed by atoms with E-state index >= 15 is 0 Å². The molecule has 0 bridgehead atoms. The molecule has 4 nitrogen and oxygen atoms in total. The van der Waals surface area contributed by atoms with Gasteiger partial charge in [-0.2, -0.15) is 0 Å². The zero-order valence-electron chi connectivity index (χ0n) is 10.9. The highest BCUT2D eigenvalue weighted by Crippen LogP contribution is 2.27. The molecule has 2 heterocycles. The van der Waals surface area contributed by atoms with Gasteiger partial charge in [0, 0.05) is 22.9 Å². The van der Waals surface area contributed by atoms with Crippen molar-refractivity contribution < 1.29 is 9.90 Å². The van der Waals surface area contributed by atoms with Gasteiger partial charge in [-0.05, 0) is 47.0 Å². The van der Waals surface area contributed by atoms with E-state index in [-0.39, 0.29) is 5.92 Å². The Morgan fingerprint density at radius 2 is 2.00 bits per heavy atom. The van der Waals surface area contributed by atoms with Crippen LogP contribution in [0.5, 0.6) is 0 Å². The van der Waals surface area contributed by atoms with Gasteiger partial charge in [-0.25, -0.2) is 4.98 Å². The van der Waals surface area contributed by atoms with Crippen molar-refractivity contribution in [3.05, 3.63) is 34.8 Å². The number of anilines is 1. The van der Waals surface area contributed by atoms with Crippen LogP contribution in [0.2, 0.25) is 0 Å². The summed E-state index contributed by atoms with van der Waals surface area (Å²) in [4.78, 5) is 17.8. The van der Waals surface area contributed by atoms with Crippen LogP contribution in [0.1, 0.15) is 12.8 Å². The van der Waals surface area contributed by atoms with Crippen molar-refractivity contribution in [3.8, 4) is 0 Å². The number of halogens is 1. The highest BCUT2D eigenvalue weighted by atomic mass is 79.9. The number of carboxylic acids is 1. The lowest BCUT2D eigenvalue weighted by molar-refractivity contribution is -0.142. The number of nitrogens with zero attached hydrogens (tertiary/aromatic N) is 2. The van der Waals surface area contributed by atoms with Crippen molar-refractivity contribution >= 4 is 38.6 Å². The summed E-state index contributed by atoms with van der Waals surface area (Å²) in [6, 6.07) is 10.1. The van der Waals surface area contributed by atoms with Crippen LogP contribution in [0.25, 0.3) is 10.9 Å². The standard InChI is InChI=1S/C15H15BrN2O2/c16-12-3-1-2-10-4-5-13(17-14(10)12)18-8-6-11(7-9-18)15(19)20/h1-5,11H,6-9H2,(H,19,20). The van der Waals surface area contributed by atoms with Crippen molar-refractivity contribution in [2.45, 2.75) is 12.8 Å². The first kappa shape index (κ1) is 13.4. The van der Waals surface area contributed by atoms with Gasteiger partial charge in [0.15, 0.2) is 0 Å². The maximum atomic E-state index is 11.0. The van der Waals surface area contributed by atoms with Gasteiger partial charge >= 0.3 is 5.97 Å². The summed E-state index contributed by atoms with van der Waals surface area (Å²) in [6.07, 6.45) is 1.37. The number of carbonyl (C=O) groups is 1. The molecule has 1 aromatic carbocycles. The van der Waals surface area contributed by atoms with Crippen LogP contribution in [-0.4, -0.2) is 29.1 Å². The second kappa shape index (κ2) is 5.40. The van der Waals surface area contributed by atoms with E-state index < -0.39 is 5.97 Å². The first-order valence-corrected chi connectivity index (χ1v) is 7.47. The fourth-order valence-electron chi connectivity index (χ4n) is 2.63. The molecule has 0 unspecified atom stereocenters. The van der Waals surface area contributed by atoms with E-state index in [9.17, 15) is 4.79 Å². The van der Waals surface area contributed by atoms with E-state index in [1.807, 2.05) is 24.3 Å². The Kier molecular flexibility index (Phi) is 3.61. The zero-order valence-corrected chi connectivity index (χ0v) is 12.5.